The van der Waals surface area contributed by atoms with Crippen LogP contribution in [0.4, 0.5) is 0 Å². The van der Waals surface area contributed by atoms with E-state index in [0.29, 0.717) is 36.5 Å². The summed E-state index contributed by atoms with van der Waals surface area (Å²) in [5, 5.41) is 8.91. The molecule has 0 aliphatic carbocycles. The Labute approximate surface area is 147 Å². The van der Waals surface area contributed by atoms with Gasteiger partial charge in [-0.05, 0) is 30.2 Å². The molecular formula is C20H19N3O2. The fourth-order valence-corrected chi connectivity index (χ4v) is 3.03. The zero-order valence-corrected chi connectivity index (χ0v) is 14.1. The van der Waals surface area contributed by atoms with Gasteiger partial charge in [-0.15, -0.1) is 0 Å². The number of carbonyl (C=O) groups excluding carboxylic acids is 1. The molecule has 126 valence electrons. The molecule has 1 aromatic heterocycles. The number of hydrogen-bond donors (Lipinski definition) is 0. The quantitative estimate of drug-likeness (QED) is 0.805. The number of aromatic nitrogens is 1. The highest BCUT2D eigenvalue weighted by molar-refractivity contribution is 5.79. The van der Waals surface area contributed by atoms with Gasteiger partial charge in [0.2, 0.25) is 0 Å². The largest absolute Gasteiger partial charge is 0.464 e. The van der Waals surface area contributed by atoms with Gasteiger partial charge >= 0.3 is 5.97 Å². The third-order valence-corrected chi connectivity index (χ3v) is 4.34. The smallest absolute Gasteiger partial charge is 0.329 e. The zero-order valence-electron chi connectivity index (χ0n) is 14.1. The molecule has 5 heteroatoms. The lowest BCUT2D eigenvalue weighted by Gasteiger charge is -2.37. The second kappa shape index (κ2) is 7.18. The van der Waals surface area contributed by atoms with E-state index in [4.69, 9.17) is 10.00 Å². The first-order valence-electron chi connectivity index (χ1n) is 8.19. The van der Waals surface area contributed by atoms with Gasteiger partial charge in [-0.3, -0.25) is 4.98 Å². The third-order valence-electron chi connectivity index (χ3n) is 4.34. The zero-order chi connectivity index (χ0) is 17.8. The maximum atomic E-state index is 12.5. The van der Waals surface area contributed by atoms with Gasteiger partial charge in [0.25, 0.3) is 0 Å². The predicted molar refractivity (Wildman–Crippen MR) is 94.1 cm³/mol. The van der Waals surface area contributed by atoms with Crippen molar-refractivity contribution in [2.75, 3.05) is 6.61 Å². The van der Waals surface area contributed by atoms with Gasteiger partial charge in [0.1, 0.15) is 12.1 Å². The summed E-state index contributed by atoms with van der Waals surface area (Å²) in [4.78, 5) is 18.7. The molecule has 3 rings (SSSR count). The van der Waals surface area contributed by atoms with Crippen LogP contribution in [0.3, 0.4) is 0 Å². The molecule has 1 aliphatic heterocycles. The number of fused-ring (bicyclic) bond motifs is 1. The summed E-state index contributed by atoms with van der Waals surface area (Å²) in [5.41, 5.74) is 4.10. The van der Waals surface area contributed by atoms with E-state index in [0.717, 1.165) is 11.1 Å². The minimum atomic E-state index is -0.431. The van der Waals surface area contributed by atoms with E-state index in [2.05, 4.69) is 17.6 Å². The van der Waals surface area contributed by atoms with Crippen LogP contribution < -0.4 is 0 Å². The van der Waals surface area contributed by atoms with Gasteiger partial charge in [0.15, 0.2) is 0 Å². The van der Waals surface area contributed by atoms with Crippen molar-refractivity contribution in [3.8, 4) is 6.07 Å². The van der Waals surface area contributed by atoms with Crippen molar-refractivity contribution >= 4 is 11.7 Å². The summed E-state index contributed by atoms with van der Waals surface area (Å²) >= 11 is 0. The number of esters is 1. The maximum absolute atomic E-state index is 12.5. The monoisotopic (exact) mass is 333 g/mol. The Hall–Kier alpha value is -3.13. The van der Waals surface area contributed by atoms with Crippen LogP contribution in [0, 0.1) is 11.3 Å². The Morgan fingerprint density at radius 2 is 2.12 bits per heavy atom. The van der Waals surface area contributed by atoms with Crippen LogP contribution in [0.2, 0.25) is 0 Å². The van der Waals surface area contributed by atoms with Crippen molar-refractivity contribution in [2.45, 2.75) is 25.9 Å². The molecule has 1 atom stereocenters. The third kappa shape index (κ3) is 3.38. The lowest BCUT2D eigenvalue weighted by atomic mass is 9.93. The van der Waals surface area contributed by atoms with Gasteiger partial charge in [-0.2, -0.15) is 5.26 Å². The minimum absolute atomic E-state index is 0.258. The van der Waals surface area contributed by atoms with E-state index in [1.54, 1.807) is 19.1 Å². The summed E-state index contributed by atoms with van der Waals surface area (Å²) in [6, 6.07) is 13.1. The number of hydrogen-bond acceptors (Lipinski definition) is 5. The molecule has 2 aromatic rings. The van der Waals surface area contributed by atoms with E-state index >= 15 is 0 Å². The molecule has 0 radical (unpaired) electrons. The molecule has 1 aliphatic rings. The van der Waals surface area contributed by atoms with Crippen LogP contribution in [-0.4, -0.2) is 28.5 Å². The van der Waals surface area contributed by atoms with E-state index < -0.39 is 6.04 Å². The highest BCUT2D eigenvalue weighted by atomic mass is 16.5. The number of nitrogens with zero attached hydrogens (tertiary/aromatic N) is 3. The van der Waals surface area contributed by atoms with E-state index in [1.165, 1.54) is 6.20 Å². The normalized spacial score (nSPS) is 15.8. The van der Waals surface area contributed by atoms with Crippen molar-refractivity contribution in [2.24, 2.45) is 0 Å². The highest BCUT2D eigenvalue weighted by Gasteiger charge is 2.33. The summed E-state index contributed by atoms with van der Waals surface area (Å²) in [6.45, 7) is 6.85. The molecule has 0 fully saturated rings. The van der Waals surface area contributed by atoms with Gasteiger partial charge < -0.3 is 9.64 Å². The van der Waals surface area contributed by atoms with Crippen LogP contribution in [0.25, 0.3) is 5.70 Å². The second-order valence-corrected chi connectivity index (χ2v) is 5.86. The number of nitriles is 1. The van der Waals surface area contributed by atoms with Gasteiger partial charge in [-0.25, -0.2) is 4.79 Å². The molecule has 25 heavy (non-hydrogen) atoms. The Morgan fingerprint density at radius 3 is 2.76 bits per heavy atom. The maximum Gasteiger partial charge on any atom is 0.329 e. The standard InChI is InChI=1S/C20H19N3O2/c1-3-25-20(24)19-10-16-6-4-5-7-17(16)13-23(19)14(2)18-9-8-15(11-21)12-22-18/h4-9,12,19H,2-3,10,13H2,1H3. The van der Waals surface area contributed by atoms with Crippen LogP contribution >= 0.6 is 0 Å². The molecular weight excluding hydrogens is 314 g/mol. The summed E-state index contributed by atoms with van der Waals surface area (Å²) in [6.07, 6.45) is 2.09. The first-order valence-corrected chi connectivity index (χ1v) is 8.19. The Balaban J connectivity index is 1.93. The summed E-state index contributed by atoms with van der Waals surface area (Å²) in [5.74, 6) is -0.258. The molecule has 0 amide bonds. The molecule has 1 unspecified atom stereocenters. The number of pyridine rings is 1. The number of rotatable bonds is 4. The van der Waals surface area contributed by atoms with Gasteiger partial charge in [0, 0.05) is 19.2 Å². The Kier molecular flexibility index (Phi) is 4.80. The predicted octanol–water partition coefficient (Wildman–Crippen LogP) is 2.91. The molecule has 0 spiro atoms. The fourth-order valence-electron chi connectivity index (χ4n) is 3.03. The summed E-state index contributed by atoms with van der Waals surface area (Å²) < 4.78 is 5.26. The molecule has 1 aromatic carbocycles. The first-order chi connectivity index (χ1) is 12.1. The SMILES string of the molecule is C=C(c1ccc(C#N)cn1)N1Cc2ccccc2CC1C(=O)OCC. The van der Waals surface area contributed by atoms with Crippen molar-refractivity contribution in [1.82, 2.24) is 9.88 Å². The molecule has 0 N–H and O–H groups in total. The Bertz CT molecular complexity index is 837. The lowest BCUT2D eigenvalue weighted by Crippen LogP contribution is -2.45. The number of carbonyl (C=O) groups is 1. The van der Waals surface area contributed by atoms with Gasteiger partial charge in [-0.1, -0.05) is 30.8 Å². The molecule has 0 saturated carbocycles. The van der Waals surface area contributed by atoms with Gasteiger partial charge in [0.05, 0.1) is 23.6 Å². The average molecular weight is 333 g/mol. The molecule has 0 bridgehead atoms. The summed E-state index contributed by atoms with van der Waals surface area (Å²) in [7, 11) is 0. The van der Waals surface area contributed by atoms with Crippen LogP contribution in [-0.2, 0) is 22.5 Å². The second-order valence-electron chi connectivity index (χ2n) is 5.86. The van der Waals surface area contributed by atoms with Crippen molar-refractivity contribution < 1.29 is 9.53 Å². The van der Waals surface area contributed by atoms with Crippen LogP contribution in [0.1, 0.15) is 29.3 Å². The first kappa shape index (κ1) is 16.7. The highest BCUT2D eigenvalue weighted by Crippen LogP contribution is 2.30. The lowest BCUT2D eigenvalue weighted by molar-refractivity contribution is -0.148. The molecule has 5 nitrogen and oxygen atoms in total. The fraction of sp³-hybridized carbons (Fsp3) is 0.250. The van der Waals surface area contributed by atoms with Crippen LogP contribution in [0.15, 0.2) is 49.2 Å². The minimum Gasteiger partial charge on any atom is -0.464 e. The van der Waals surface area contributed by atoms with E-state index in [9.17, 15) is 4.79 Å². The Morgan fingerprint density at radius 1 is 1.36 bits per heavy atom. The number of benzene rings is 1. The molecule has 2 heterocycles. The van der Waals surface area contributed by atoms with Crippen molar-refractivity contribution in [3.63, 3.8) is 0 Å². The molecule has 0 saturated heterocycles. The van der Waals surface area contributed by atoms with Crippen molar-refractivity contribution in [1.29, 1.82) is 5.26 Å². The topological polar surface area (TPSA) is 66.2 Å². The average Bonchev–Trinajstić information content (AvgIpc) is 2.66. The van der Waals surface area contributed by atoms with Crippen LogP contribution in [0.5, 0.6) is 0 Å². The number of ether oxygens (including phenoxy) is 1. The van der Waals surface area contributed by atoms with Crippen molar-refractivity contribution in [3.05, 3.63) is 71.6 Å². The van der Waals surface area contributed by atoms with E-state index in [1.807, 2.05) is 29.2 Å². The van der Waals surface area contributed by atoms with E-state index in [-0.39, 0.29) is 5.97 Å².